The van der Waals surface area contributed by atoms with Gasteiger partial charge in [0, 0.05) is 17.8 Å². The van der Waals surface area contributed by atoms with Crippen molar-refractivity contribution in [2.75, 3.05) is 17.8 Å². The van der Waals surface area contributed by atoms with Gasteiger partial charge in [0.1, 0.15) is 0 Å². The molecule has 1 amide bonds. The molecule has 2 aromatic rings. The minimum atomic E-state index is -3.68. The van der Waals surface area contributed by atoms with Gasteiger partial charge in [0.25, 0.3) is 15.9 Å². The van der Waals surface area contributed by atoms with Crippen molar-refractivity contribution in [3.63, 3.8) is 0 Å². The van der Waals surface area contributed by atoms with Gasteiger partial charge in [0.15, 0.2) is 0 Å². The Morgan fingerprint density at radius 2 is 1.73 bits per heavy atom. The largest absolute Gasteiger partial charge is 0.352 e. The molecule has 0 bridgehead atoms. The molecule has 0 fully saturated rings. The van der Waals surface area contributed by atoms with Gasteiger partial charge in [0.2, 0.25) is 0 Å². The molecule has 0 saturated heterocycles. The molecule has 140 valence electrons. The topological polar surface area (TPSA) is 101 Å². The van der Waals surface area contributed by atoms with Crippen molar-refractivity contribution >= 4 is 21.6 Å². The van der Waals surface area contributed by atoms with Crippen LogP contribution in [0, 0.1) is 13.8 Å². The molecule has 0 aliphatic heterocycles. The summed E-state index contributed by atoms with van der Waals surface area (Å²) in [7, 11) is -3.68. The average Bonchev–Trinajstić information content (AvgIpc) is 2.61. The predicted molar refractivity (Wildman–Crippen MR) is 104 cm³/mol. The lowest BCUT2D eigenvalue weighted by Gasteiger charge is -2.12. The first kappa shape index (κ1) is 19.9. The molecule has 6 nitrogen and oxygen atoms in total. The number of sulfonamides is 1. The van der Waals surface area contributed by atoms with Gasteiger partial charge in [-0.2, -0.15) is 0 Å². The van der Waals surface area contributed by atoms with Crippen molar-refractivity contribution in [1.29, 1.82) is 0 Å². The Kier molecular flexibility index (Phi) is 6.76. The summed E-state index contributed by atoms with van der Waals surface area (Å²) in [6, 6.07) is 11.6. The molecule has 0 saturated carbocycles. The number of nitrogens with two attached hydrogens (primary N) is 1. The fourth-order valence-electron chi connectivity index (χ4n) is 2.47. The molecule has 4 N–H and O–H groups in total. The molecule has 0 unspecified atom stereocenters. The van der Waals surface area contributed by atoms with Crippen LogP contribution in [0.1, 0.15) is 34.3 Å². The zero-order valence-electron chi connectivity index (χ0n) is 15.1. The average molecular weight is 375 g/mol. The quantitative estimate of drug-likeness (QED) is 0.617. The highest BCUT2D eigenvalue weighted by Gasteiger charge is 2.17. The monoisotopic (exact) mass is 375 g/mol. The van der Waals surface area contributed by atoms with Crippen LogP contribution in [0.4, 0.5) is 5.69 Å². The van der Waals surface area contributed by atoms with Gasteiger partial charge in [-0.3, -0.25) is 9.52 Å². The van der Waals surface area contributed by atoms with Gasteiger partial charge in [-0.1, -0.05) is 12.1 Å². The van der Waals surface area contributed by atoms with E-state index in [0.717, 1.165) is 18.4 Å². The Balaban J connectivity index is 2.06. The Labute approximate surface area is 154 Å². The van der Waals surface area contributed by atoms with E-state index < -0.39 is 10.0 Å². The SMILES string of the molecule is Cc1ccc(C)c(S(=O)(=O)Nc2ccc(C(=O)NCCCCN)cc2)c1. The van der Waals surface area contributed by atoms with Crippen LogP contribution in [0.25, 0.3) is 0 Å². The smallest absolute Gasteiger partial charge is 0.262 e. The molecule has 26 heavy (non-hydrogen) atoms. The summed E-state index contributed by atoms with van der Waals surface area (Å²) in [6.07, 6.45) is 1.69. The number of hydrogen-bond acceptors (Lipinski definition) is 4. The Hall–Kier alpha value is -2.38. The highest BCUT2D eigenvalue weighted by atomic mass is 32.2. The lowest BCUT2D eigenvalue weighted by Crippen LogP contribution is -2.24. The number of amides is 1. The number of aryl methyl sites for hydroxylation is 2. The number of rotatable bonds is 8. The van der Waals surface area contributed by atoms with Crippen LogP contribution >= 0.6 is 0 Å². The maximum Gasteiger partial charge on any atom is 0.262 e. The number of hydrogen-bond donors (Lipinski definition) is 3. The van der Waals surface area contributed by atoms with Gasteiger partial charge in [0.05, 0.1) is 4.90 Å². The van der Waals surface area contributed by atoms with Crippen LogP contribution in [-0.2, 0) is 10.0 Å². The summed E-state index contributed by atoms with van der Waals surface area (Å²) in [5.41, 5.74) is 7.85. The van der Waals surface area contributed by atoms with Crippen LogP contribution in [0.15, 0.2) is 47.4 Å². The van der Waals surface area contributed by atoms with E-state index in [9.17, 15) is 13.2 Å². The van der Waals surface area contributed by atoms with Gasteiger partial charge in [-0.25, -0.2) is 8.42 Å². The van der Waals surface area contributed by atoms with E-state index in [2.05, 4.69) is 10.0 Å². The first-order valence-electron chi connectivity index (χ1n) is 8.52. The Morgan fingerprint density at radius 3 is 2.38 bits per heavy atom. The summed E-state index contributed by atoms with van der Waals surface area (Å²) >= 11 is 0. The van der Waals surface area contributed by atoms with E-state index in [1.54, 1.807) is 43.3 Å². The molecule has 2 aromatic carbocycles. The zero-order chi connectivity index (χ0) is 19.2. The molecule has 2 rings (SSSR count). The van der Waals surface area contributed by atoms with Crippen molar-refractivity contribution in [1.82, 2.24) is 5.32 Å². The molecule has 0 aliphatic carbocycles. The van der Waals surface area contributed by atoms with Crippen molar-refractivity contribution < 1.29 is 13.2 Å². The molecule has 7 heteroatoms. The summed E-state index contributed by atoms with van der Waals surface area (Å²) in [6.45, 7) is 4.77. The van der Waals surface area contributed by atoms with Crippen molar-refractivity contribution in [3.8, 4) is 0 Å². The lowest BCUT2D eigenvalue weighted by atomic mass is 10.2. The summed E-state index contributed by atoms with van der Waals surface area (Å²) < 4.78 is 27.7. The van der Waals surface area contributed by atoms with E-state index in [4.69, 9.17) is 5.73 Å². The molecule has 0 spiro atoms. The highest BCUT2D eigenvalue weighted by molar-refractivity contribution is 7.92. The second-order valence-electron chi connectivity index (χ2n) is 6.20. The molecule has 0 aromatic heterocycles. The number of unbranched alkanes of at least 4 members (excludes halogenated alkanes) is 1. The minimum Gasteiger partial charge on any atom is -0.352 e. The summed E-state index contributed by atoms with van der Waals surface area (Å²) in [5, 5.41) is 2.81. The van der Waals surface area contributed by atoms with Gasteiger partial charge in [-0.05, 0) is 74.7 Å². The third kappa shape index (κ3) is 5.31. The van der Waals surface area contributed by atoms with E-state index >= 15 is 0 Å². The van der Waals surface area contributed by atoms with E-state index in [0.29, 0.717) is 29.9 Å². The van der Waals surface area contributed by atoms with E-state index in [1.165, 1.54) is 0 Å². The predicted octanol–water partition coefficient (Wildman–Crippen LogP) is 2.57. The van der Waals surface area contributed by atoms with Crippen LogP contribution < -0.4 is 15.8 Å². The van der Waals surface area contributed by atoms with Gasteiger partial charge in [-0.15, -0.1) is 0 Å². The Morgan fingerprint density at radius 1 is 1.04 bits per heavy atom. The molecule has 0 atom stereocenters. The Bertz CT molecular complexity index is 862. The van der Waals surface area contributed by atoms with Crippen molar-refractivity contribution in [2.45, 2.75) is 31.6 Å². The third-order valence-corrected chi connectivity index (χ3v) is 5.47. The minimum absolute atomic E-state index is 0.189. The fourth-order valence-corrected chi connectivity index (χ4v) is 3.86. The maximum absolute atomic E-state index is 12.6. The lowest BCUT2D eigenvalue weighted by molar-refractivity contribution is 0.0953. The number of nitrogens with one attached hydrogen (secondary N) is 2. The second-order valence-corrected chi connectivity index (χ2v) is 7.85. The van der Waals surface area contributed by atoms with E-state index in [-0.39, 0.29) is 10.8 Å². The second kappa shape index (κ2) is 8.82. The van der Waals surface area contributed by atoms with Crippen molar-refractivity contribution in [2.24, 2.45) is 5.73 Å². The maximum atomic E-state index is 12.6. The number of carbonyl (C=O) groups excluding carboxylic acids is 1. The standard InChI is InChI=1S/C19H25N3O3S/c1-14-5-6-15(2)18(13-14)26(24,25)22-17-9-7-16(8-10-17)19(23)21-12-4-3-11-20/h5-10,13,22H,3-4,11-12,20H2,1-2H3,(H,21,23). The van der Waals surface area contributed by atoms with Crippen LogP contribution in [0.3, 0.4) is 0 Å². The first-order valence-corrected chi connectivity index (χ1v) is 10.0. The molecule has 0 radical (unpaired) electrons. The zero-order valence-corrected chi connectivity index (χ0v) is 15.9. The number of carbonyl (C=O) groups is 1. The summed E-state index contributed by atoms with van der Waals surface area (Å²) in [5.74, 6) is -0.189. The van der Waals surface area contributed by atoms with Gasteiger partial charge >= 0.3 is 0 Å². The van der Waals surface area contributed by atoms with Gasteiger partial charge < -0.3 is 11.1 Å². The number of benzene rings is 2. The normalized spacial score (nSPS) is 11.2. The third-order valence-electron chi connectivity index (χ3n) is 3.95. The number of anilines is 1. The molecule has 0 heterocycles. The van der Waals surface area contributed by atoms with E-state index in [1.807, 2.05) is 13.0 Å². The summed E-state index contributed by atoms with van der Waals surface area (Å²) in [4.78, 5) is 12.3. The highest BCUT2D eigenvalue weighted by Crippen LogP contribution is 2.21. The molecular formula is C19H25N3O3S. The molecule has 0 aliphatic rings. The van der Waals surface area contributed by atoms with Crippen LogP contribution in [-0.4, -0.2) is 27.4 Å². The van der Waals surface area contributed by atoms with Crippen LogP contribution in [0.5, 0.6) is 0 Å². The first-order chi connectivity index (χ1) is 12.3. The van der Waals surface area contributed by atoms with Crippen molar-refractivity contribution in [3.05, 3.63) is 59.2 Å². The molecular weight excluding hydrogens is 350 g/mol. The van der Waals surface area contributed by atoms with Crippen LogP contribution in [0.2, 0.25) is 0 Å². The fraction of sp³-hybridized carbons (Fsp3) is 0.316.